The van der Waals surface area contributed by atoms with Gasteiger partial charge in [-0.15, -0.1) is 0 Å². The molecule has 0 bridgehead atoms. The third-order valence-corrected chi connectivity index (χ3v) is 5.26. The Morgan fingerprint density at radius 2 is 1.78 bits per heavy atom. The molecule has 4 rings (SSSR count). The maximum absolute atomic E-state index is 12.0. The minimum atomic E-state index is -0.111. The van der Waals surface area contributed by atoms with Crippen LogP contribution in [-0.2, 0) is 16.1 Å². The molecule has 0 aliphatic carbocycles. The predicted molar refractivity (Wildman–Crippen MR) is 109 cm³/mol. The normalized spacial score (nSPS) is 15.9. The number of hydrogen-bond donors (Lipinski definition) is 1. The summed E-state index contributed by atoms with van der Waals surface area (Å²) in [6.45, 7) is 0.470. The second-order valence-corrected chi connectivity index (χ2v) is 7.31. The van der Waals surface area contributed by atoms with Gasteiger partial charge in [0.25, 0.3) is 0 Å². The van der Waals surface area contributed by atoms with E-state index >= 15 is 0 Å². The van der Waals surface area contributed by atoms with E-state index in [9.17, 15) is 4.79 Å². The lowest BCUT2D eigenvalue weighted by atomic mass is 10.00. The van der Waals surface area contributed by atoms with Gasteiger partial charge in [0, 0.05) is 6.42 Å². The maximum Gasteiger partial charge on any atom is 0.224 e. The van der Waals surface area contributed by atoms with Crippen molar-refractivity contribution in [1.82, 2.24) is 5.32 Å². The number of hydrogen-bond acceptors (Lipinski definition) is 4. The first-order valence-corrected chi connectivity index (χ1v) is 9.88. The highest BCUT2D eigenvalue weighted by molar-refractivity contribution is 7.08. The van der Waals surface area contributed by atoms with Crippen molar-refractivity contribution in [1.29, 1.82) is 0 Å². The van der Waals surface area contributed by atoms with Crippen LogP contribution in [0.15, 0.2) is 76.6 Å². The molecule has 2 aromatic carbocycles. The zero-order valence-electron chi connectivity index (χ0n) is 14.8. The van der Waals surface area contributed by atoms with Crippen LogP contribution < -0.4 is 5.32 Å². The smallest absolute Gasteiger partial charge is 0.224 e. The van der Waals surface area contributed by atoms with E-state index in [4.69, 9.17) is 4.84 Å². The molecule has 27 heavy (non-hydrogen) atoms. The average molecular weight is 376 g/mol. The number of carbonyl (C=O) groups is 1. The molecular formula is C22H20N2O2S. The summed E-state index contributed by atoms with van der Waals surface area (Å²) < 4.78 is 0. The molecule has 0 saturated carbocycles. The first-order chi connectivity index (χ1) is 13.3. The van der Waals surface area contributed by atoms with E-state index in [-0.39, 0.29) is 12.0 Å². The molecule has 2 heterocycles. The Kier molecular flexibility index (Phi) is 5.30. The zero-order chi connectivity index (χ0) is 18.5. The minimum absolute atomic E-state index is 0.0117. The van der Waals surface area contributed by atoms with Gasteiger partial charge >= 0.3 is 0 Å². The molecule has 3 aromatic rings. The lowest BCUT2D eigenvalue weighted by molar-refractivity contribution is -0.121. The second-order valence-electron chi connectivity index (χ2n) is 6.53. The summed E-state index contributed by atoms with van der Waals surface area (Å²) in [5.74, 6) is 0.0117. The Morgan fingerprint density at radius 1 is 1.04 bits per heavy atom. The fraction of sp³-hybridized carbons (Fsp3) is 0.182. The maximum atomic E-state index is 12.0. The predicted octanol–water partition coefficient (Wildman–Crippen LogP) is 4.27. The second kappa shape index (κ2) is 8.18. The summed E-state index contributed by atoms with van der Waals surface area (Å²) in [6.07, 6.45) is 0.995. The Morgan fingerprint density at radius 3 is 2.52 bits per heavy atom. The number of carbonyl (C=O) groups excluding carboxylic acids is 1. The monoisotopic (exact) mass is 376 g/mol. The van der Waals surface area contributed by atoms with Gasteiger partial charge in [0.1, 0.15) is 6.10 Å². The summed E-state index contributed by atoms with van der Waals surface area (Å²) >= 11 is 1.60. The molecule has 0 spiro atoms. The van der Waals surface area contributed by atoms with E-state index < -0.39 is 0 Å². The van der Waals surface area contributed by atoms with Crippen LogP contribution in [0.5, 0.6) is 0 Å². The van der Waals surface area contributed by atoms with Crippen LogP contribution in [0.25, 0.3) is 11.1 Å². The van der Waals surface area contributed by atoms with Gasteiger partial charge in [0.05, 0.1) is 18.7 Å². The molecule has 1 N–H and O–H groups in total. The number of thiophene rings is 1. The molecule has 0 unspecified atom stereocenters. The van der Waals surface area contributed by atoms with Gasteiger partial charge in [-0.05, 0) is 39.1 Å². The highest BCUT2D eigenvalue weighted by atomic mass is 32.1. The highest BCUT2D eigenvalue weighted by Crippen LogP contribution is 2.22. The third-order valence-electron chi connectivity index (χ3n) is 4.53. The van der Waals surface area contributed by atoms with Gasteiger partial charge in [-0.1, -0.05) is 59.8 Å². The quantitative estimate of drug-likeness (QED) is 0.699. The van der Waals surface area contributed by atoms with Crippen LogP contribution in [0.4, 0.5) is 0 Å². The molecule has 1 atom stereocenters. The molecule has 0 fully saturated rings. The number of nitrogens with zero attached hydrogens (tertiary/aromatic N) is 1. The summed E-state index contributed by atoms with van der Waals surface area (Å²) in [4.78, 5) is 17.5. The standard InChI is InChI=1S/C22H20N2O2S/c25-22(12-16-10-11-27-15-16)23-14-20-13-21(24-26-20)19-8-6-18(7-9-19)17-4-2-1-3-5-17/h1-11,15,20H,12-14H2,(H,23,25)/t20-/m0/s1. The number of benzene rings is 2. The molecule has 0 saturated heterocycles. The van der Waals surface area contributed by atoms with Crippen molar-refractivity contribution in [2.75, 3.05) is 6.54 Å². The van der Waals surface area contributed by atoms with Crippen LogP contribution in [-0.4, -0.2) is 24.3 Å². The van der Waals surface area contributed by atoms with Crippen molar-refractivity contribution in [2.24, 2.45) is 5.16 Å². The third kappa shape index (κ3) is 4.44. The fourth-order valence-corrected chi connectivity index (χ4v) is 3.73. The highest BCUT2D eigenvalue weighted by Gasteiger charge is 2.22. The lowest BCUT2D eigenvalue weighted by Gasteiger charge is -2.09. The fourth-order valence-electron chi connectivity index (χ4n) is 3.06. The van der Waals surface area contributed by atoms with E-state index in [2.05, 4.69) is 46.9 Å². The summed E-state index contributed by atoms with van der Waals surface area (Å²) in [7, 11) is 0. The first-order valence-electron chi connectivity index (χ1n) is 8.94. The summed E-state index contributed by atoms with van der Waals surface area (Å²) in [5.41, 5.74) is 5.39. The van der Waals surface area contributed by atoms with Gasteiger partial charge in [-0.3, -0.25) is 4.79 Å². The Bertz CT molecular complexity index is 919. The van der Waals surface area contributed by atoms with Crippen LogP contribution >= 0.6 is 11.3 Å². The van der Waals surface area contributed by atoms with Crippen molar-refractivity contribution in [2.45, 2.75) is 18.9 Å². The SMILES string of the molecule is O=C(Cc1ccsc1)NC[C@@H]1CC(c2ccc(-c3ccccc3)cc2)=NO1. The minimum Gasteiger partial charge on any atom is -0.390 e. The molecule has 0 radical (unpaired) electrons. The van der Waals surface area contributed by atoms with E-state index in [0.29, 0.717) is 19.4 Å². The molecule has 1 aromatic heterocycles. The van der Waals surface area contributed by atoms with Crippen molar-refractivity contribution < 1.29 is 9.63 Å². The first kappa shape index (κ1) is 17.5. The van der Waals surface area contributed by atoms with Crippen molar-refractivity contribution >= 4 is 23.0 Å². The van der Waals surface area contributed by atoms with Crippen LogP contribution in [0, 0.1) is 0 Å². The Labute approximate surface area is 162 Å². The summed E-state index contributed by atoms with van der Waals surface area (Å²) in [5, 5.41) is 11.1. The van der Waals surface area contributed by atoms with Crippen molar-refractivity contribution in [3.05, 3.63) is 82.6 Å². The Balaban J connectivity index is 1.29. The number of nitrogens with one attached hydrogen (secondary N) is 1. The van der Waals surface area contributed by atoms with E-state index in [0.717, 1.165) is 16.8 Å². The molecule has 1 amide bonds. The zero-order valence-corrected chi connectivity index (χ0v) is 15.6. The van der Waals surface area contributed by atoms with E-state index in [1.165, 1.54) is 11.1 Å². The molecule has 1 aliphatic heterocycles. The van der Waals surface area contributed by atoms with Crippen LogP contribution in [0.1, 0.15) is 17.5 Å². The number of amides is 1. The Hall–Kier alpha value is -2.92. The van der Waals surface area contributed by atoms with E-state index in [1.807, 2.05) is 35.0 Å². The van der Waals surface area contributed by atoms with Crippen molar-refractivity contribution in [3.63, 3.8) is 0 Å². The lowest BCUT2D eigenvalue weighted by Crippen LogP contribution is -2.33. The summed E-state index contributed by atoms with van der Waals surface area (Å²) in [6, 6.07) is 20.6. The average Bonchev–Trinajstić information content (AvgIpc) is 3.39. The van der Waals surface area contributed by atoms with Crippen molar-refractivity contribution in [3.8, 4) is 11.1 Å². The van der Waals surface area contributed by atoms with Gasteiger partial charge < -0.3 is 10.2 Å². The number of oxime groups is 1. The van der Waals surface area contributed by atoms with Gasteiger partial charge in [0.15, 0.2) is 0 Å². The van der Waals surface area contributed by atoms with E-state index in [1.54, 1.807) is 11.3 Å². The molecule has 136 valence electrons. The van der Waals surface area contributed by atoms with Gasteiger partial charge in [-0.25, -0.2) is 0 Å². The van der Waals surface area contributed by atoms with Crippen LogP contribution in [0.3, 0.4) is 0 Å². The van der Waals surface area contributed by atoms with Crippen LogP contribution in [0.2, 0.25) is 0 Å². The largest absolute Gasteiger partial charge is 0.390 e. The molecule has 1 aliphatic rings. The van der Waals surface area contributed by atoms with Gasteiger partial charge in [-0.2, -0.15) is 11.3 Å². The van der Waals surface area contributed by atoms with Gasteiger partial charge in [0.2, 0.25) is 5.91 Å². The molecule has 5 heteroatoms. The topological polar surface area (TPSA) is 50.7 Å². The number of rotatable bonds is 6. The molecular weight excluding hydrogens is 356 g/mol. The molecule has 4 nitrogen and oxygen atoms in total.